The van der Waals surface area contributed by atoms with Crippen LogP contribution in [0.15, 0.2) is 18.2 Å². The van der Waals surface area contributed by atoms with Crippen molar-refractivity contribution in [2.24, 2.45) is 0 Å². The van der Waals surface area contributed by atoms with Crippen molar-refractivity contribution < 1.29 is 22.3 Å². The molecule has 1 N–H and O–H groups in total. The van der Waals surface area contributed by atoms with Gasteiger partial charge in [-0.25, -0.2) is 4.39 Å². The molecular weight excluding hydrogens is 288 g/mol. The van der Waals surface area contributed by atoms with Crippen molar-refractivity contribution in [3.63, 3.8) is 0 Å². The average molecular weight is 306 g/mol. The standard InChI is InChI=1S/C14H18F4N2O/c1-2-20(7-8-21-11-4-5-11)13-6-3-10(9-12(13)15)19-14(16,17)18/h3,6,9,11,19H,2,4-5,7-8H2,1H3. The van der Waals surface area contributed by atoms with Gasteiger partial charge in [0.2, 0.25) is 0 Å². The van der Waals surface area contributed by atoms with Gasteiger partial charge in [-0.15, -0.1) is 0 Å². The number of hydrogen-bond donors (Lipinski definition) is 1. The summed E-state index contributed by atoms with van der Waals surface area (Å²) in [5.74, 6) is -0.683. The lowest BCUT2D eigenvalue weighted by Crippen LogP contribution is -2.28. The topological polar surface area (TPSA) is 24.5 Å². The van der Waals surface area contributed by atoms with Gasteiger partial charge in [0, 0.05) is 18.8 Å². The highest BCUT2D eigenvalue weighted by Crippen LogP contribution is 2.27. The smallest absolute Gasteiger partial charge is 0.376 e. The molecule has 0 bridgehead atoms. The number of rotatable bonds is 7. The van der Waals surface area contributed by atoms with Gasteiger partial charge < -0.3 is 9.64 Å². The largest absolute Gasteiger partial charge is 0.482 e. The molecular formula is C14H18F4N2O. The minimum Gasteiger partial charge on any atom is -0.376 e. The molecule has 0 saturated heterocycles. The average Bonchev–Trinajstić information content (AvgIpc) is 3.18. The number of alkyl halides is 3. The predicted octanol–water partition coefficient (Wildman–Crippen LogP) is 3.76. The van der Waals surface area contributed by atoms with E-state index in [0.29, 0.717) is 25.8 Å². The first-order valence-corrected chi connectivity index (χ1v) is 6.90. The summed E-state index contributed by atoms with van der Waals surface area (Å²) in [4.78, 5) is 1.75. The molecule has 1 aliphatic rings. The number of halogens is 4. The molecule has 0 spiro atoms. The lowest BCUT2D eigenvalue weighted by Gasteiger charge is -2.24. The van der Waals surface area contributed by atoms with E-state index >= 15 is 0 Å². The maximum atomic E-state index is 14.0. The molecule has 0 unspecified atom stereocenters. The lowest BCUT2D eigenvalue weighted by molar-refractivity contribution is -0.0999. The fraction of sp³-hybridized carbons (Fsp3) is 0.571. The van der Waals surface area contributed by atoms with Gasteiger partial charge in [-0.2, -0.15) is 13.2 Å². The van der Waals surface area contributed by atoms with Gasteiger partial charge in [-0.1, -0.05) is 0 Å². The molecule has 21 heavy (non-hydrogen) atoms. The van der Waals surface area contributed by atoms with Crippen molar-refractivity contribution in [1.82, 2.24) is 0 Å². The maximum Gasteiger partial charge on any atom is 0.482 e. The van der Waals surface area contributed by atoms with Gasteiger partial charge in [0.05, 0.1) is 18.4 Å². The van der Waals surface area contributed by atoms with Crippen molar-refractivity contribution in [3.05, 3.63) is 24.0 Å². The number of hydrogen-bond acceptors (Lipinski definition) is 3. The normalized spacial score (nSPS) is 15.1. The first-order chi connectivity index (χ1) is 9.89. The Morgan fingerprint density at radius 2 is 2.05 bits per heavy atom. The lowest BCUT2D eigenvalue weighted by atomic mass is 10.2. The number of nitrogens with one attached hydrogen (secondary N) is 1. The molecule has 1 aliphatic carbocycles. The Morgan fingerprint density at radius 3 is 2.57 bits per heavy atom. The highest BCUT2D eigenvalue weighted by Gasteiger charge is 2.27. The number of ether oxygens (including phenoxy) is 1. The Kier molecular flexibility index (Phi) is 4.92. The van der Waals surface area contributed by atoms with E-state index in [1.54, 1.807) is 4.90 Å². The summed E-state index contributed by atoms with van der Waals surface area (Å²) < 4.78 is 56.0. The summed E-state index contributed by atoms with van der Waals surface area (Å²) in [6.45, 7) is 3.41. The molecule has 0 aromatic heterocycles. The fourth-order valence-corrected chi connectivity index (χ4v) is 2.02. The minimum absolute atomic E-state index is 0.282. The van der Waals surface area contributed by atoms with Crippen LogP contribution in [-0.2, 0) is 4.74 Å². The number of likely N-dealkylation sites (N-methyl/N-ethyl adjacent to an activating group) is 1. The molecule has 118 valence electrons. The third-order valence-electron chi connectivity index (χ3n) is 3.20. The summed E-state index contributed by atoms with van der Waals surface area (Å²) in [5.41, 5.74) is -0.0290. The Labute approximate surface area is 120 Å². The molecule has 1 saturated carbocycles. The summed E-state index contributed by atoms with van der Waals surface area (Å²) >= 11 is 0. The Balaban J connectivity index is 1.99. The summed E-state index contributed by atoms with van der Waals surface area (Å²) in [6.07, 6.45) is -2.11. The van der Waals surface area contributed by atoms with Crippen LogP contribution in [0.1, 0.15) is 19.8 Å². The van der Waals surface area contributed by atoms with E-state index in [1.165, 1.54) is 17.4 Å². The zero-order valence-electron chi connectivity index (χ0n) is 11.7. The van der Waals surface area contributed by atoms with Crippen LogP contribution in [0.4, 0.5) is 28.9 Å². The van der Waals surface area contributed by atoms with Crippen LogP contribution in [0.3, 0.4) is 0 Å². The fourth-order valence-electron chi connectivity index (χ4n) is 2.02. The van der Waals surface area contributed by atoms with E-state index in [-0.39, 0.29) is 11.4 Å². The molecule has 0 atom stereocenters. The molecule has 1 fully saturated rings. The highest BCUT2D eigenvalue weighted by molar-refractivity contribution is 5.56. The maximum absolute atomic E-state index is 14.0. The molecule has 0 amide bonds. The first-order valence-electron chi connectivity index (χ1n) is 6.90. The molecule has 1 aromatic carbocycles. The van der Waals surface area contributed by atoms with Crippen LogP contribution in [-0.4, -0.2) is 32.1 Å². The van der Waals surface area contributed by atoms with Crippen LogP contribution in [0.5, 0.6) is 0 Å². The predicted molar refractivity (Wildman–Crippen MR) is 72.9 cm³/mol. The Bertz CT molecular complexity index is 475. The molecule has 3 nitrogen and oxygen atoms in total. The van der Waals surface area contributed by atoms with Gasteiger partial charge in [0.15, 0.2) is 0 Å². The quantitative estimate of drug-likeness (QED) is 0.613. The van der Waals surface area contributed by atoms with Crippen LogP contribution < -0.4 is 10.2 Å². The van der Waals surface area contributed by atoms with E-state index in [2.05, 4.69) is 0 Å². The van der Waals surface area contributed by atoms with Gasteiger partial charge in [0.25, 0.3) is 0 Å². The second-order valence-electron chi connectivity index (χ2n) is 4.94. The Morgan fingerprint density at radius 1 is 1.33 bits per heavy atom. The molecule has 1 aromatic rings. The monoisotopic (exact) mass is 306 g/mol. The van der Waals surface area contributed by atoms with E-state index in [9.17, 15) is 17.6 Å². The van der Waals surface area contributed by atoms with Gasteiger partial charge in [-0.3, -0.25) is 5.32 Å². The minimum atomic E-state index is -4.57. The zero-order valence-corrected chi connectivity index (χ0v) is 11.7. The van der Waals surface area contributed by atoms with Gasteiger partial charge in [0.1, 0.15) is 5.82 Å². The van der Waals surface area contributed by atoms with Crippen LogP contribution in [0.2, 0.25) is 0 Å². The van der Waals surface area contributed by atoms with Crippen LogP contribution in [0.25, 0.3) is 0 Å². The second-order valence-corrected chi connectivity index (χ2v) is 4.94. The van der Waals surface area contributed by atoms with Crippen LogP contribution >= 0.6 is 0 Å². The molecule has 7 heteroatoms. The Hall–Kier alpha value is -1.50. The van der Waals surface area contributed by atoms with Crippen molar-refractivity contribution in [2.45, 2.75) is 32.2 Å². The first kappa shape index (κ1) is 15.9. The van der Waals surface area contributed by atoms with E-state index in [0.717, 1.165) is 18.9 Å². The van der Waals surface area contributed by atoms with Gasteiger partial charge in [-0.05, 0) is 38.0 Å². The van der Waals surface area contributed by atoms with Crippen molar-refractivity contribution >= 4 is 11.4 Å². The van der Waals surface area contributed by atoms with Crippen molar-refractivity contribution in [1.29, 1.82) is 0 Å². The van der Waals surface area contributed by atoms with Gasteiger partial charge >= 0.3 is 6.30 Å². The van der Waals surface area contributed by atoms with Crippen LogP contribution in [0, 0.1) is 5.82 Å². The molecule has 2 rings (SSSR count). The second kappa shape index (κ2) is 6.51. The van der Waals surface area contributed by atoms with E-state index < -0.39 is 12.1 Å². The number of nitrogens with zero attached hydrogens (tertiary/aromatic N) is 1. The van der Waals surface area contributed by atoms with Crippen molar-refractivity contribution in [2.75, 3.05) is 29.9 Å². The summed E-state index contributed by atoms with van der Waals surface area (Å²) in [6, 6.07) is 3.42. The SMILES string of the molecule is CCN(CCOC1CC1)c1ccc(NC(F)(F)F)cc1F. The third-order valence-corrected chi connectivity index (χ3v) is 3.20. The zero-order chi connectivity index (χ0) is 15.5. The highest BCUT2D eigenvalue weighted by atomic mass is 19.4. The molecule has 0 radical (unpaired) electrons. The number of benzene rings is 1. The third kappa shape index (κ3) is 5.08. The van der Waals surface area contributed by atoms with Crippen molar-refractivity contribution in [3.8, 4) is 0 Å². The molecule has 0 heterocycles. The summed E-state index contributed by atoms with van der Waals surface area (Å²) in [5, 5.41) is 1.29. The number of anilines is 2. The summed E-state index contributed by atoms with van der Waals surface area (Å²) in [7, 11) is 0. The van der Waals surface area contributed by atoms with E-state index in [4.69, 9.17) is 4.74 Å². The van der Waals surface area contributed by atoms with E-state index in [1.807, 2.05) is 6.92 Å². The molecule has 0 aliphatic heterocycles.